The molecule has 0 heterocycles. The van der Waals surface area contributed by atoms with Crippen molar-refractivity contribution in [1.29, 1.82) is 0 Å². The van der Waals surface area contributed by atoms with Gasteiger partial charge in [-0.3, -0.25) is 0 Å². The molecule has 0 aromatic heterocycles. The molecular formula is C28H54CuLiO2Si2. The zero-order valence-electron chi connectivity index (χ0n) is 24.1. The maximum absolute atomic E-state index is 6.82. The van der Waals surface area contributed by atoms with E-state index in [0.717, 1.165) is 0 Å². The van der Waals surface area contributed by atoms with Gasteiger partial charge in [0.1, 0.15) is 0 Å². The first kappa shape index (κ1) is 31.2. The summed E-state index contributed by atoms with van der Waals surface area (Å²) in [6.45, 7) is 18.7. The van der Waals surface area contributed by atoms with Crippen LogP contribution in [-0.2, 0) is 20.6 Å². The second-order valence-corrected chi connectivity index (χ2v) is 23.9. The van der Waals surface area contributed by atoms with Gasteiger partial charge in [0.25, 0.3) is 0 Å². The summed E-state index contributed by atoms with van der Waals surface area (Å²) in [5.74, 6) is 0. The Morgan fingerprint density at radius 2 is 1.09 bits per heavy atom. The molecule has 2 unspecified atom stereocenters. The van der Waals surface area contributed by atoms with E-state index < -0.39 is 16.6 Å². The molecule has 6 heteroatoms. The van der Waals surface area contributed by atoms with Crippen LogP contribution in [0.2, 0.25) is 39.3 Å². The summed E-state index contributed by atoms with van der Waals surface area (Å²) in [5.41, 5.74) is 0.776. The summed E-state index contributed by atoms with van der Waals surface area (Å²) in [7, 11) is -3.21. The maximum atomic E-state index is 6.82. The van der Waals surface area contributed by atoms with Crippen LogP contribution in [0.3, 0.4) is 0 Å². The van der Waals surface area contributed by atoms with Crippen molar-refractivity contribution in [2.45, 2.75) is 142 Å². The number of hydrogen-bond donors (Lipinski definition) is 0. The van der Waals surface area contributed by atoms with Crippen LogP contribution in [0, 0.1) is 10.8 Å². The summed E-state index contributed by atoms with van der Waals surface area (Å²) >= 11 is 2.54. The molecule has 2 nitrogen and oxygen atoms in total. The van der Waals surface area contributed by atoms with Crippen molar-refractivity contribution in [3.63, 3.8) is 0 Å². The third-order valence-electron chi connectivity index (χ3n) is 7.71. The Morgan fingerprint density at radius 1 is 0.735 bits per heavy atom. The van der Waals surface area contributed by atoms with Gasteiger partial charge in [-0.15, -0.1) is 0 Å². The molecule has 198 valence electrons. The molecule has 2 aliphatic carbocycles. The molecule has 0 spiro atoms. The van der Waals surface area contributed by atoms with Gasteiger partial charge in [-0.2, -0.15) is 0 Å². The molecule has 0 N–H and O–H groups in total. The van der Waals surface area contributed by atoms with Gasteiger partial charge in [0.05, 0.1) is 0 Å². The fraction of sp³-hybridized carbons (Fsp3) is 0.857. The molecule has 0 amide bonds. The molecule has 0 bridgehead atoms. The van der Waals surface area contributed by atoms with Crippen LogP contribution in [0.15, 0.2) is 22.1 Å². The Balaban J connectivity index is 2.16. The van der Waals surface area contributed by atoms with Gasteiger partial charge in [0.2, 0.25) is 0 Å². The summed E-state index contributed by atoms with van der Waals surface area (Å²) < 4.78 is 13.6. The van der Waals surface area contributed by atoms with Crippen molar-refractivity contribution in [2.75, 3.05) is 0 Å². The average Bonchev–Trinajstić information content (AvgIpc) is 2.66. The first-order valence-electron chi connectivity index (χ1n) is 14.0. The van der Waals surface area contributed by atoms with Gasteiger partial charge in [-0.05, 0) is 0 Å². The van der Waals surface area contributed by atoms with Crippen molar-refractivity contribution in [2.24, 2.45) is 10.8 Å². The van der Waals surface area contributed by atoms with Gasteiger partial charge in [0, 0.05) is 0 Å². The van der Waals surface area contributed by atoms with Gasteiger partial charge in [-0.1, -0.05) is 0 Å². The third-order valence-corrected chi connectivity index (χ3v) is 11.0. The van der Waals surface area contributed by atoms with Crippen molar-refractivity contribution < 1.29 is 20.6 Å². The Bertz CT molecular complexity index is 604. The summed E-state index contributed by atoms with van der Waals surface area (Å²) in [6, 6.07) is 0. The zero-order chi connectivity index (χ0) is 25.5. The van der Waals surface area contributed by atoms with E-state index >= 15 is 0 Å². The summed E-state index contributed by atoms with van der Waals surface area (Å²) in [5, 5.41) is 0. The van der Waals surface area contributed by atoms with E-state index in [9.17, 15) is 0 Å². The van der Waals surface area contributed by atoms with Crippen LogP contribution in [0.1, 0.15) is 90.9 Å². The van der Waals surface area contributed by atoms with Crippen LogP contribution < -0.4 is 0 Å². The van der Waals surface area contributed by atoms with Crippen LogP contribution >= 0.6 is 0 Å². The van der Waals surface area contributed by atoms with Gasteiger partial charge in [0.15, 0.2) is 0 Å². The third kappa shape index (κ3) is 9.68. The second kappa shape index (κ2) is 13.7. The molecule has 0 radical (unpaired) electrons. The SMILES string of the molecule is [Li][Cu](/[CH]=C/C(O[Si](C)(C)C)C1(CCCC)CCC1)/[CH]=C/C(O[Si](C)(C)C)C1(CCCC)CCC1. The Morgan fingerprint density at radius 3 is 1.32 bits per heavy atom. The normalized spacial score (nSPS) is 22.5. The van der Waals surface area contributed by atoms with Crippen LogP contribution in [0.5, 0.6) is 0 Å². The van der Waals surface area contributed by atoms with Crippen LogP contribution in [0.4, 0.5) is 0 Å². The minimum atomic E-state index is -1.60. The van der Waals surface area contributed by atoms with Gasteiger partial charge >= 0.3 is 228 Å². The van der Waals surface area contributed by atoms with Crippen molar-refractivity contribution in [3.8, 4) is 0 Å². The van der Waals surface area contributed by atoms with Crippen molar-refractivity contribution in [1.82, 2.24) is 0 Å². The molecule has 2 aliphatic rings. The summed E-state index contributed by atoms with van der Waals surface area (Å²) in [6.07, 6.45) is 21.5. The Labute approximate surface area is 227 Å². The zero-order valence-corrected chi connectivity index (χ0v) is 27.0. The van der Waals surface area contributed by atoms with E-state index in [2.05, 4.69) is 91.0 Å². The molecule has 0 aromatic rings. The van der Waals surface area contributed by atoms with Crippen LogP contribution in [0.25, 0.3) is 0 Å². The fourth-order valence-corrected chi connectivity index (χ4v) is 8.68. The minimum absolute atomic E-state index is 0.181. The van der Waals surface area contributed by atoms with Crippen LogP contribution in [-0.4, -0.2) is 44.6 Å². The van der Waals surface area contributed by atoms with E-state index in [0.29, 0.717) is 10.8 Å². The fourth-order valence-electron chi connectivity index (χ4n) is 5.49. The average molecular weight is 549 g/mol. The second-order valence-electron chi connectivity index (χ2n) is 13.0. The topological polar surface area (TPSA) is 18.5 Å². The number of hydrogen-bond acceptors (Lipinski definition) is 2. The van der Waals surface area contributed by atoms with Crippen molar-refractivity contribution >= 4 is 32.4 Å². The van der Waals surface area contributed by atoms with E-state index in [-0.39, 0.29) is 23.9 Å². The predicted molar refractivity (Wildman–Crippen MR) is 152 cm³/mol. The number of unbranched alkanes of at least 4 members (excludes halogenated alkanes) is 2. The van der Waals surface area contributed by atoms with Crippen molar-refractivity contribution in [3.05, 3.63) is 22.1 Å². The molecule has 0 aromatic carbocycles. The summed E-state index contributed by atoms with van der Waals surface area (Å²) in [4.78, 5) is 4.90. The molecule has 2 rings (SSSR count). The van der Waals surface area contributed by atoms with E-state index in [4.69, 9.17) is 8.85 Å². The van der Waals surface area contributed by atoms with E-state index in [1.54, 1.807) is 0 Å². The van der Waals surface area contributed by atoms with Gasteiger partial charge < -0.3 is 0 Å². The van der Waals surface area contributed by atoms with E-state index in [1.807, 2.05) is 0 Å². The Kier molecular flexibility index (Phi) is 12.5. The molecule has 2 atom stereocenters. The quantitative estimate of drug-likeness (QED) is 0.179. The predicted octanol–water partition coefficient (Wildman–Crippen LogP) is 8.88. The standard InChI is InChI=1S/2C14H27OSi.Cu.Li/c2*1-6-8-10-14(11-9-12-14)13(7-2)15-16(3,4)5;;/h2*2,7,13H,6,8-12H2,1,3-5H3;;. The molecular weight excluding hydrogens is 495 g/mol. The molecule has 34 heavy (non-hydrogen) atoms. The Hall–Kier alpha value is 0.951. The first-order chi connectivity index (χ1) is 15.8. The van der Waals surface area contributed by atoms with E-state index in [1.165, 1.54) is 77.0 Å². The number of rotatable bonds is 16. The molecule has 2 saturated carbocycles. The monoisotopic (exact) mass is 548 g/mol. The molecule has 0 aliphatic heterocycles. The molecule has 0 saturated heterocycles. The molecule has 2 fully saturated rings. The first-order valence-corrected chi connectivity index (χ1v) is 22.8. The van der Waals surface area contributed by atoms with Gasteiger partial charge in [-0.25, -0.2) is 0 Å².